The van der Waals surface area contributed by atoms with Gasteiger partial charge in [-0.1, -0.05) is 42.5 Å². The lowest BCUT2D eigenvalue weighted by molar-refractivity contribution is -0.164. The summed E-state index contributed by atoms with van der Waals surface area (Å²) in [4.78, 5) is 20.7. The Morgan fingerprint density at radius 3 is 2.42 bits per heavy atom. The van der Waals surface area contributed by atoms with Crippen LogP contribution < -0.4 is 9.64 Å². The van der Waals surface area contributed by atoms with E-state index in [0.717, 1.165) is 58.8 Å². The van der Waals surface area contributed by atoms with Crippen molar-refractivity contribution in [2.45, 2.75) is 91.1 Å². The Kier molecular flexibility index (Phi) is 11.2. The molecule has 9 heteroatoms. The van der Waals surface area contributed by atoms with Gasteiger partial charge in [-0.25, -0.2) is 9.78 Å². The maximum absolute atomic E-state index is 13.4. The fourth-order valence-corrected chi connectivity index (χ4v) is 6.46. The van der Waals surface area contributed by atoms with Gasteiger partial charge in [0.1, 0.15) is 11.6 Å². The summed E-state index contributed by atoms with van der Waals surface area (Å²) in [6.45, 7) is 23.5. The molecule has 0 radical (unpaired) electrons. The summed E-state index contributed by atoms with van der Waals surface area (Å²) in [7, 11) is 1.38. The van der Waals surface area contributed by atoms with Crippen molar-refractivity contribution in [2.75, 3.05) is 31.7 Å². The third-order valence-electron chi connectivity index (χ3n) is 9.06. The number of rotatable bonds is 13. The first-order chi connectivity index (χ1) is 23.8. The van der Waals surface area contributed by atoms with Crippen molar-refractivity contribution in [2.24, 2.45) is 0 Å². The van der Waals surface area contributed by atoms with E-state index in [1.807, 2.05) is 50.4 Å². The number of hydrogen-bond acceptors (Lipinski definition) is 8. The highest BCUT2D eigenvalue weighted by molar-refractivity contribution is 5.81. The monoisotopic (exact) mass is 680 g/mol. The van der Waals surface area contributed by atoms with Crippen molar-refractivity contribution in [1.82, 2.24) is 14.6 Å². The Bertz CT molecular complexity index is 1850. The van der Waals surface area contributed by atoms with E-state index in [2.05, 4.69) is 75.2 Å². The fourth-order valence-electron chi connectivity index (χ4n) is 6.46. The lowest BCUT2D eigenvalue weighted by Gasteiger charge is -2.41. The minimum Gasteiger partial charge on any atom is -0.490 e. The molecule has 1 aliphatic rings. The van der Waals surface area contributed by atoms with Crippen LogP contribution in [0.1, 0.15) is 76.8 Å². The van der Waals surface area contributed by atoms with Crippen molar-refractivity contribution < 1.29 is 23.7 Å². The summed E-state index contributed by atoms with van der Waals surface area (Å²) in [5.74, 6) is 1.11. The number of esters is 1. The molecule has 1 fully saturated rings. The highest BCUT2D eigenvalue weighted by Gasteiger charge is 2.38. The Labute approximate surface area is 296 Å². The second-order valence-electron chi connectivity index (χ2n) is 14.4. The van der Waals surface area contributed by atoms with Crippen LogP contribution in [0.5, 0.6) is 5.75 Å². The van der Waals surface area contributed by atoms with Crippen LogP contribution in [0.2, 0.25) is 0 Å². The van der Waals surface area contributed by atoms with Crippen LogP contribution >= 0.6 is 0 Å². The molecule has 2 atom stereocenters. The second kappa shape index (κ2) is 15.2. The average Bonchev–Trinajstić information content (AvgIpc) is 3.49. The zero-order chi connectivity index (χ0) is 36.2. The molecule has 0 spiro atoms. The number of carbonyl (C=O) groups is 1. The molecular formula is C41H52N4O5. The maximum atomic E-state index is 13.4. The van der Waals surface area contributed by atoms with Crippen molar-refractivity contribution in [3.05, 3.63) is 90.7 Å². The standard InChI is InChI=1S/C41H52N4O5/c1-11-14-28(4)49-34-24-27(3)17-18-32(34)30-15-13-16-31(25-30)33-26-35-42-29(5)36(37(39(46)47-10)50-40(6,7)8)38(45(35)43-33)44-21-19-41(9,20-22-44)48-23-12-2/h11-13,15-18,24-26,28,37H,1-2,14,19-23H2,3-10H3. The number of benzene rings is 2. The predicted molar refractivity (Wildman–Crippen MR) is 200 cm³/mol. The average molecular weight is 681 g/mol. The van der Waals surface area contributed by atoms with Gasteiger partial charge in [-0.3, -0.25) is 0 Å². The van der Waals surface area contributed by atoms with Crippen LogP contribution in [0.4, 0.5) is 5.82 Å². The van der Waals surface area contributed by atoms with Gasteiger partial charge in [0.15, 0.2) is 11.8 Å². The van der Waals surface area contributed by atoms with Crippen LogP contribution in [0.15, 0.2) is 73.8 Å². The van der Waals surface area contributed by atoms with E-state index in [1.54, 1.807) is 6.08 Å². The number of aryl methyl sites for hydroxylation is 2. The molecule has 0 amide bonds. The van der Waals surface area contributed by atoms with E-state index in [4.69, 9.17) is 29.0 Å². The van der Waals surface area contributed by atoms with Gasteiger partial charge in [-0.15, -0.1) is 13.2 Å². The topological polar surface area (TPSA) is 87.4 Å². The van der Waals surface area contributed by atoms with Gasteiger partial charge in [0.25, 0.3) is 0 Å². The predicted octanol–water partition coefficient (Wildman–Crippen LogP) is 8.61. The number of hydrogen-bond donors (Lipinski definition) is 0. The molecule has 50 heavy (non-hydrogen) atoms. The molecule has 1 aliphatic heterocycles. The van der Waals surface area contributed by atoms with E-state index >= 15 is 0 Å². The fraction of sp³-hybridized carbons (Fsp3) is 0.439. The van der Waals surface area contributed by atoms with Crippen LogP contribution in [0, 0.1) is 13.8 Å². The summed E-state index contributed by atoms with van der Waals surface area (Å²) < 4.78 is 26.1. The summed E-state index contributed by atoms with van der Waals surface area (Å²) in [6.07, 6.45) is 4.98. The largest absolute Gasteiger partial charge is 0.490 e. The van der Waals surface area contributed by atoms with E-state index in [0.29, 0.717) is 36.6 Å². The Morgan fingerprint density at radius 2 is 1.76 bits per heavy atom. The minimum absolute atomic E-state index is 0.00566. The van der Waals surface area contributed by atoms with Crippen molar-refractivity contribution >= 4 is 17.4 Å². The van der Waals surface area contributed by atoms with Gasteiger partial charge < -0.3 is 23.8 Å². The molecule has 0 N–H and O–H groups in total. The van der Waals surface area contributed by atoms with Crippen molar-refractivity contribution in [1.29, 1.82) is 0 Å². The highest BCUT2D eigenvalue weighted by atomic mass is 16.6. The third kappa shape index (κ3) is 8.28. The number of carbonyl (C=O) groups excluding carboxylic acids is 1. The Hall–Kier alpha value is -4.47. The Balaban J connectivity index is 1.64. The lowest BCUT2D eigenvalue weighted by Crippen LogP contribution is -2.45. The lowest BCUT2D eigenvalue weighted by atomic mass is 9.92. The molecule has 0 bridgehead atoms. The molecular weight excluding hydrogens is 628 g/mol. The quantitative estimate of drug-likeness (QED) is 0.103. The number of anilines is 1. The molecule has 266 valence electrons. The Morgan fingerprint density at radius 1 is 1.04 bits per heavy atom. The number of nitrogens with zero attached hydrogens (tertiary/aromatic N) is 4. The normalized spacial score (nSPS) is 15.8. The van der Waals surface area contributed by atoms with Crippen molar-refractivity contribution in [3.63, 3.8) is 0 Å². The molecule has 2 aromatic heterocycles. The van der Waals surface area contributed by atoms with Gasteiger partial charge in [-0.05, 0) is 84.6 Å². The highest BCUT2D eigenvalue weighted by Crippen LogP contribution is 2.39. The summed E-state index contributed by atoms with van der Waals surface area (Å²) in [5.41, 5.74) is 5.93. The molecule has 1 saturated heterocycles. The molecule has 2 unspecified atom stereocenters. The first-order valence-electron chi connectivity index (χ1n) is 17.4. The molecule has 9 nitrogen and oxygen atoms in total. The van der Waals surface area contributed by atoms with E-state index in [-0.39, 0.29) is 11.7 Å². The molecule has 0 saturated carbocycles. The smallest absolute Gasteiger partial charge is 0.339 e. The van der Waals surface area contributed by atoms with Gasteiger partial charge >= 0.3 is 5.97 Å². The summed E-state index contributed by atoms with van der Waals surface area (Å²) >= 11 is 0. The van der Waals surface area contributed by atoms with E-state index in [9.17, 15) is 4.79 Å². The molecule has 2 aromatic carbocycles. The summed E-state index contributed by atoms with van der Waals surface area (Å²) in [5, 5.41) is 5.17. The van der Waals surface area contributed by atoms with E-state index in [1.165, 1.54) is 7.11 Å². The van der Waals surface area contributed by atoms with Gasteiger partial charge in [0.2, 0.25) is 0 Å². The molecule has 5 rings (SSSR count). The first kappa shape index (κ1) is 36.8. The molecule has 0 aliphatic carbocycles. The van der Waals surface area contributed by atoms with Gasteiger partial charge in [0, 0.05) is 42.4 Å². The maximum Gasteiger partial charge on any atom is 0.339 e. The zero-order valence-corrected chi connectivity index (χ0v) is 30.9. The third-order valence-corrected chi connectivity index (χ3v) is 9.06. The minimum atomic E-state index is -1.00. The van der Waals surface area contributed by atoms with Gasteiger partial charge in [-0.2, -0.15) is 9.61 Å². The van der Waals surface area contributed by atoms with Crippen LogP contribution in [0.25, 0.3) is 28.0 Å². The van der Waals surface area contributed by atoms with Crippen LogP contribution in [-0.2, 0) is 19.0 Å². The zero-order valence-electron chi connectivity index (χ0n) is 30.9. The summed E-state index contributed by atoms with van der Waals surface area (Å²) in [6, 6.07) is 16.6. The van der Waals surface area contributed by atoms with Crippen LogP contribution in [-0.4, -0.2) is 64.7 Å². The van der Waals surface area contributed by atoms with E-state index < -0.39 is 17.7 Å². The van der Waals surface area contributed by atoms with Crippen LogP contribution in [0.3, 0.4) is 0 Å². The molecule has 3 heterocycles. The number of ether oxygens (including phenoxy) is 4. The second-order valence-corrected chi connectivity index (χ2v) is 14.4. The number of aromatic nitrogens is 3. The number of fused-ring (bicyclic) bond motifs is 1. The van der Waals surface area contributed by atoms with Gasteiger partial charge in [0.05, 0.1) is 42.3 Å². The SMILES string of the molecule is C=CCOC1(C)CCN(c2c(C(OC(C)(C)C)C(=O)OC)c(C)nc3cc(-c4cccc(-c5ccc(C)cc5OC(C)CC=C)c4)nn23)CC1. The first-order valence-corrected chi connectivity index (χ1v) is 17.4. The number of piperidine rings is 1. The molecule has 4 aromatic rings. The number of methoxy groups -OCH3 is 1. The van der Waals surface area contributed by atoms with Crippen molar-refractivity contribution in [3.8, 4) is 28.1 Å².